The predicted octanol–water partition coefficient (Wildman–Crippen LogP) is 2.85. The molecule has 1 N–H and O–H groups in total. The number of nitrogens with one attached hydrogen (secondary N) is 1. The van der Waals surface area contributed by atoms with Crippen LogP contribution in [0.1, 0.15) is 18.4 Å². The zero-order valence-corrected chi connectivity index (χ0v) is 17.3. The van der Waals surface area contributed by atoms with Gasteiger partial charge in [-0.1, -0.05) is 12.1 Å². The van der Waals surface area contributed by atoms with Gasteiger partial charge in [0.2, 0.25) is 5.91 Å². The molecular weight excluding hydrogens is 380 g/mol. The predicted molar refractivity (Wildman–Crippen MR) is 117 cm³/mol. The van der Waals surface area contributed by atoms with Crippen LogP contribution in [0.25, 0.3) is 0 Å². The highest BCUT2D eigenvalue weighted by Gasteiger charge is 2.22. The summed E-state index contributed by atoms with van der Waals surface area (Å²) >= 11 is 0. The van der Waals surface area contributed by atoms with Crippen LogP contribution in [0, 0.1) is 0 Å². The molecule has 2 heterocycles. The molecule has 0 saturated carbocycles. The maximum atomic E-state index is 12.5. The highest BCUT2D eigenvalue weighted by molar-refractivity contribution is 5.95. The number of methoxy groups -OCH3 is 1. The Morgan fingerprint density at radius 2 is 1.60 bits per heavy atom. The molecule has 4 rings (SSSR count). The standard InChI is InChI=1S/C23H28N4O3/c1-30-21-10-8-19(9-11-21)25-13-15-26(16-14-25)23(29)24-17-18-4-6-20(7-5-18)27-12-2-3-22(27)28/h4-11H,2-3,12-17H2,1H3,(H,24,29). The minimum Gasteiger partial charge on any atom is -0.497 e. The second kappa shape index (κ2) is 9.07. The van der Waals surface area contributed by atoms with Gasteiger partial charge in [-0.05, 0) is 48.4 Å². The zero-order chi connectivity index (χ0) is 20.9. The number of carbonyl (C=O) groups excluding carboxylic acids is 2. The van der Waals surface area contributed by atoms with Crippen LogP contribution in [0.15, 0.2) is 48.5 Å². The molecule has 2 fully saturated rings. The van der Waals surface area contributed by atoms with Crippen LogP contribution in [0.2, 0.25) is 0 Å². The summed E-state index contributed by atoms with van der Waals surface area (Å²) in [5.41, 5.74) is 3.10. The van der Waals surface area contributed by atoms with Crippen LogP contribution in [0.5, 0.6) is 5.75 Å². The van der Waals surface area contributed by atoms with Crippen molar-refractivity contribution in [1.82, 2.24) is 10.2 Å². The van der Waals surface area contributed by atoms with Crippen molar-refractivity contribution in [1.29, 1.82) is 0 Å². The number of nitrogens with zero attached hydrogens (tertiary/aromatic N) is 3. The van der Waals surface area contributed by atoms with E-state index in [0.29, 0.717) is 26.1 Å². The van der Waals surface area contributed by atoms with Crippen molar-refractivity contribution >= 4 is 23.3 Å². The summed E-state index contributed by atoms with van der Waals surface area (Å²) in [4.78, 5) is 30.4. The topological polar surface area (TPSA) is 65.1 Å². The van der Waals surface area contributed by atoms with E-state index < -0.39 is 0 Å². The summed E-state index contributed by atoms with van der Waals surface area (Å²) < 4.78 is 5.21. The maximum Gasteiger partial charge on any atom is 0.317 e. The van der Waals surface area contributed by atoms with Crippen LogP contribution < -0.4 is 19.9 Å². The lowest BCUT2D eigenvalue weighted by Gasteiger charge is -2.36. The Balaban J connectivity index is 1.24. The number of urea groups is 1. The van der Waals surface area contributed by atoms with Gasteiger partial charge in [-0.2, -0.15) is 0 Å². The number of carbonyl (C=O) groups is 2. The Bertz CT molecular complexity index is 874. The van der Waals surface area contributed by atoms with E-state index in [1.807, 2.05) is 58.3 Å². The van der Waals surface area contributed by atoms with Crippen molar-refractivity contribution in [3.05, 3.63) is 54.1 Å². The van der Waals surface area contributed by atoms with E-state index >= 15 is 0 Å². The second-order valence-corrected chi connectivity index (χ2v) is 7.65. The number of hydrogen-bond donors (Lipinski definition) is 1. The number of ether oxygens (including phenoxy) is 1. The Morgan fingerprint density at radius 1 is 0.933 bits per heavy atom. The van der Waals surface area contributed by atoms with Crippen LogP contribution in [0.3, 0.4) is 0 Å². The van der Waals surface area contributed by atoms with Gasteiger partial charge in [-0.15, -0.1) is 0 Å². The van der Waals surface area contributed by atoms with Crippen LogP contribution in [-0.4, -0.2) is 56.7 Å². The summed E-state index contributed by atoms with van der Waals surface area (Å²) in [7, 11) is 1.66. The minimum absolute atomic E-state index is 0.0387. The first kappa shape index (κ1) is 20.1. The molecule has 0 atom stereocenters. The van der Waals surface area contributed by atoms with Gasteiger partial charge in [0.25, 0.3) is 0 Å². The third-order valence-corrected chi connectivity index (χ3v) is 5.77. The first-order valence-electron chi connectivity index (χ1n) is 10.4. The molecule has 158 valence electrons. The van der Waals surface area contributed by atoms with Gasteiger partial charge in [0.05, 0.1) is 7.11 Å². The van der Waals surface area contributed by atoms with Crippen LogP contribution in [0.4, 0.5) is 16.2 Å². The van der Waals surface area contributed by atoms with Gasteiger partial charge >= 0.3 is 6.03 Å². The molecule has 2 aromatic rings. The fourth-order valence-electron chi connectivity index (χ4n) is 3.97. The molecular formula is C23H28N4O3. The Hall–Kier alpha value is -3.22. The molecule has 2 aliphatic rings. The van der Waals surface area contributed by atoms with E-state index in [1.165, 1.54) is 0 Å². The van der Waals surface area contributed by atoms with Crippen molar-refractivity contribution in [3.63, 3.8) is 0 Å². The van der Waals surface area contributed by atoms with Crippen molar-refractivity contribution in [2.45, 2.75) is 19.4 Å². The molecule has 2 saturated heterocycles. The molecule has 2 aliphatic heterocycles. The second-order valence-electron chi connectivity index (χ2n) is 7.65. The summed E-state index contributed by atoms with van der Waals surface area (Å²) in [6, 6.07) is 15.8. The molecule has 7 heteroatoms. The van der Waals surface area contributed by atoms with Gasteiger partial charge < -0.3 is 24.8 Å². The fraction of sp³-hybridized carbons (Fsp3) is 0.391. The fourth-order valence-corrected chi connectivity index (χ4v) is 3.97. The SMILES string of the molecule is COc1ccc(N2CCN(C(=O)NCc3ccc(N4CCCC4=O)cc3)CC2)cc1. The molecule has 7 nitrogen and oxygen atoms in total. The summed E-state index contributed by atoms with van der Waals surface area (Å²) in [5.74, 6) is 1.03. The number of amides is 3. The summed E-state index contributed by atoms with van der Waals surface area (Å²) in [6.45, 7) is 4.25. The Morgan fingerprint density at radius 3 is 2.20 bits per heavy atom. The molecule has 0 aromatic heterocycles. The van der Waals surface area contributed by atoms with Gasteiger partial charge in [0.1, 0.15) is 5.75 Å². The lowest BCUT2D eigenvalue weighted by molar-refractivity contribution is -0.117. The Labute approximate surface area is 177 Å². The van der Waals surface area contributed by atoms with E-state index in [-0.39, 0.29) is 11.9 Å². The van der Waals surface area contributed by atoms with E-state index in [9.17, 15) is 9.59 Å². The van der Waals surface area contributed by atoms with E-state index in [1.54, 1.807) is 7.11 Å². The van der Waals surface area contributed by atoms with Crippen LogP contribution >= 0.6 is 0 Å². The van der Waals surface area contributed by atoms with Crippen LogP contribution in [-0.2, 0) is 11.3 Å². The third kappa shape index (κ3) is 4.50. The molecule has 0 unspecified atom stereocenters. The first-order valence-corrected chi connectivity index (χ1v) is 10.4. The smallest absolute Gasteiger partial charge is 0.317 e. The van der Waals surface area contributed by atoms with Crippen molar-refractivity contribution in [2.24, 2.45) is 0 Å². The van der Waals surface area contributed by atoms with Gasteiger partial charge in [-0.3, -0.25) is 4.79 Å². The van der Waals surface area contributed by atoms with Gasteiger partial charge in [0, 0.05) is 57.1 Å². The van der Waals surface area contributed by atoms with Gasteiger partial charge in [0.15, 0.2) is 0 Å². The normalized spacial score (nSPS) is 16.7. The maximum absolute atomic E-state index is 12.5. The number of benzene rings is 2. The average Bonchev–Trinajstić information content (AvgIpc) is 3.24. The van der Waals surface area contributed by atoms with E-state index in [0.717, 1.165) is 48.7 Å². The lowest BCUT2D eigenvalue weighted by atomic mass is 10.2. The number of rotatable bonds is 5. The third-order valence-electron chi connectivity index (χ3n) is 5.77. The highest BCUT2D eigenvalue weighted by Crippen LogP contribution is 2.22. The van der Waals surface area contributed by atoms with Crippen molar-refractivity contribution in [2.75, 3.05) is 49.6 Å². The summed E-state index contributed by atoms with van der Waals surface area (Å²) in [6.07, 6.45) is 1.55. The average molecular weight is 409 g/mol. The number of anilines is 2. The van der Waals surface area contributed by atoms with Gasteiger partial charge in [-0.25, -0.2) is 4.79 Å². The van der Waals surface area contributed by atoms with Crippen molar-refractivity contribution < 1.29 is 14.3 Å². The number of piperazine rings is 1. The lowest BCUT2D eigenvalue weighted by Crippen LogP contribution is -2.51. The van der Waals surface area contributed by atoms with E-state index in [4.69, 9.17) is 4.74 Å². The van der Waals surface area contributed by atoms with E-state index in [2.05, 4.69) is 10.2 Å². The highest BCUT2D eigenvalue weighted by atomic mass is 16.5. The zero-order valence-electron chi connectivity index (χ0n) is 17.3. The minimum atomic E-state index is -0.0387. The summed E-state index contributed by atoms with van der Waals surface area (Å²) in [5, 5.41) is 3.01. The molecule has 0 aliphatic carbocycles. The molecule has 30 heavy (non-hydrogen) atoms. The molecule has 0 spiro atoms. The molecule has 2 aromatic carbocycles. The first-order chi connectivity index (χ1) is 14.6. The number of hydrogen-bond acceptors (Lipinski definition) is 4. The largest absolute Gasteiger partial charge is 0.497 e. The quantitative estimate of drug-likeness (QED) is 0.826. The monoisotopic (exact) mass is 408 g/mol. The molecule has 0 bridgehead atoms. The molecule has 0 radical (unpaired) electrons. The Kier molecular flexibility index (Phi) is 6.07. The molecule has 3 amide bonds. The van der Waals surface area contributed by atoms with Crippen molar-refractivity contribution in [3.8, 4) is 5.75 Å².